The number of aromatic nitrogens is 1. The molecule has 0 aliphatic heterocycles. The minimum atomic E-state index is -0.876. The van der Waals surface area contributed by atoms with Crippen molar-refractivity contribution in [3.63, 3.8) is 0 Å². The SMILES string of the molecule is O=c1c(O)c(-c2ccc(Br)cc2)oc2cp(Cc3ccccc3)nc12. The molecule has 4 aromatic rings. The molecule has 0 saturated heterocycles. The Kier molecular flexibility index (Phi) is 4.20. The third-order valence-electron chi connectivity index (χ3n) is 3.88. The van der Waals surface area contributed by atoms with Gasteiger partial charge in [-0.15, -0.1) is 0 Å². The van der Waals surface area contributed by atoms with Crippen LogP contribution in [0, 0.1) is 0 Å². The summed E-state index contributed by atoms with van der Waals surface area (Å²) in [6, 6.07) is 17.2. The minimum Gasteiger partial charge on any atom is -0.501 e. The van der Waals surface area contributed by atoms with E-state index in [-0.39, 0.29) is 11.3 Å². The predicted octanol–water partition coefficient (Wildman–Crippen LogP) is 5.36. The largest absolute Gasteiger partial charge is 0.501 e. The summed E-state index contributed by atoms with van der Waals surface area (Å²) in [6.45, 7) is 0. The Morgan fingerprint density at radius 2 is 1.80 bits per heavy atom. The van der Waals surface area contributed by atoms with Gasteiger partial charge in [-0.3, -0.25) is 4.79 Å². The summed E-state index contributed by atoms with van der Waals surface area (Å²) in [6.07, 6.45) is 0.744. The number of nitrogens with zero attached hydrogens (tertiary/aromatic N) is 1. The van der Waals surface area contributed by atoms with Gasteiger partial charge in [-0.2, -0.15) is 0 Å². The normalized spacial score (nSPS) is 11.8. The summed E-state index contributed by atoms with van der Waals surface area (Å²) in [5, 5.41) is 10.3. The number of fused-ring (bicyclic) bond motifs is 1. The molecular weight excluding hydrogens is 401 g/mol. The van der Waals surface area contributed by atoms with Crippen molar-refractivity contribution in [2.75, 3.05) is 0 Å². The van der Waals surface area contributed by atoms with Crippen LogP contribution in [-0.4, -0.2) is 9.85 Å². The van der Waals surface area contributed by atoms with Crippen LogP contribution in [0.5, 0.6) is 5.75 Å². The number of halogens is 1. The molecule has 0 bridgehead atoms. The van der Waals surface area contributed by atoms with Crippen LogP contribution in [-0.2, 0) is 6.16 Å². The van der Waals surface area contributed by atoms with E-state index in [9.17, 15) is 9.90 Å². The quantitative estimate of drug-likeness (QED) is 0.491. The van der Waals surface area contributed by atoms with Gasteiger partial charge in [0.05, 0.1) is 0 Å². The van der Waals surface area contributed by atoms with E-state index in [4.69, 9.17) is 4.42 Å². The standard InChI is InChI=1S/C19H13BrNO3P/c20-14-8-6-13(7-9-14)19-18(23)17(22)16-15(24-19)11-25(21-16)10-12-4-2-1-3-5-12/h1-9,11,23H,10H2. The lowest BCUT2D eigenvalue weighted by molar-refractivity contribution is 0.449. The lowest BCUT2D eigenvalue weighted by atomic mass is 10.1. The van der Waals surface area contributed by atoms with Crippen molar-refractivity contribution in [3.05, 3.63) is 80.7 Å². The average Bonchev–Trinajstić information content (AvgIpc) is 3.02. The Morgan fingerprint density at radius 3 is 2.52 bits per heavy atom. The second-order valence-electron chi connectivity index (χ2n) is 5.64. The van der Waals surface area contributed by atoms with Crippen molar-refractivity contribution in [2.45, 2.75) is 6.16 Å². The topological polar surface area (TPSA) is 63.3 Å². The number of hydrogen-bond acceptors (Lipinski definition) is 4. The molecule has 2 aromatic carbocycles. The molecule has 0 saturated carbocycles. The third kappa shape index (κ3) is 3.13. The average molecular weight is 414 g/mol. The zero-order valence-corrected chi connectivity index (χ0v) is 15.5. The van der Waals surface area contributed by atoms with Crippen LogP contribution in [0.1, 0.15) is 5.56 Å². The predicted molar refractivity (Wildman–Crippen MR) is 103 cm³/mol. The Balaban J connectivity index is 1.81. The Labute approximate surface area is 153 Å². The maximum absolute atomic E-state index is 12.5. The molecule has 2 heterocycles. The van der Waals surface area contributed by atoms with Gasteiger partial charge in [-0.25, -0.2) is 4.75 Å². The van der Waals surface area contributed by atoms with E-state index < -0.39 is 18.9 Å². The maximum Gasteiger partial charge on any atom is 0.253 e. The fourth-order valence-electron chi connectivity index (χ4n) is 2.66. The van der Waals surface area contributed by atoms with E-state index >= 15 is 0 Å². The molecule has 25 heavy (non-hydrogen) atoms. The molecule has 0 fully saturated rings. The molecule has 1 N–H and O–H groups in total. The summed E-state index contributed by atoms with van der Waals surface area (Å²) in [4.78, 5) is 12.5. The molecule has 1 atom stereocenters. The molecule has 0 aliphatic rings. The van der Waals surface area contributed by atoms with Crippen molar-refractivity contribution in [1.82, 2.24) is 4.75 Å². The third-order valence-corrected chi connectivity index (χ3v) is 6.09. The van der Waals surface area contributed by atoms with Gasteiger partial charge < -0.3 is 9.52 Å². The van der Waals surface area contributed by atoms with Crippen LogP contribution in [0.2, 0.25) is 0 Å². The van der Waals surface area contributed by atoms with Crippen LogP contribution in [0.4, 0.5) is 0 Å². The first-order valence-electron chi connectivity index (χ1n) is 7.65. The molecule has 0 amide bonds. The number of benzene rings is 2. The molecule has 124 valence electrons. The molecule has 0 radical (unpaired) electrons. The van der Waals surface area contributed by atoms with Gasteiger partial charge in [0.1, 0.15) is 0 Å². The van der Waals surface area contributed by atoms with Crippen LogP contribution in [0.3, 0.4) is 0 Å². The van der Waals surface area contributed by atoms with Gasteiger partial charge in [0.25, 0.3) is 5.43 Å². The lowest BCUT2D eigenvalue weighted by Crippen LogP contribution is -2.02. The fourth-order valence-corrected chi connectivity index (χ4v) is 4.62. The number of hydrogen-bond donors (Lipinski definition) is 1. The monoisotopic (exact) mass is 413 g/mol. The van der Waals surface area contributed by atoms with Crippen LogP contribution in [0.25, 0.3) is 22.4 Å². The summed E-state index contributed by atoms with van der Waals surface area (Å²) in [7, 11) is -0.876. The van der Waals surface area contributed by atoms with E-state index in [1.165, 1.54) is 0 Å². The van der Waals surface area contributed by atoms with E-state index in [0.717, 1.165) is 16.2 Å². The summed E-state index contributed by atoms with van der Waals surface area (Å²) < 4.78 is 11.2. The van der Waals surface area contributed by atoms with Crippen LogP contribution >= 0.6 is 23.6 Å². The van der Waals surface area contributed by atoms with Gasteiger partial charge in [-0.05, 0) is 37.5 Å². The van der Waals surface area contributed by atoms with E-state index in [2.05, 4.69) is 20.7 Å². The second kappa shape index (κ2) is 6.51. The van der Waals surface area contributed by atoms with Crippen molar-refractivity contribution >= 4 is 34.7 Å². The smallest absolute Gasteiger partial charge is 0.253 e. The molecule has 0 aliphatic carbocycles. The lowest BCUT2D eigenvalue weighted by Gasteiger charge is -2.03. The fraction of sp³-hybridized carbons (Fsp3) is 0.0526. The minimum absolute atomic E-state index is 0.180. The highest BCUT2D eigenvalue weighted by molar-refractivity contribution is 9.10. The zero-order chi connectivity index (χ0) is 17.4. The Hall–Kier alpha value is -2.36. The van der Waals surface area contributed by atoms with Gasteiger partial charge in [0.15, 0.2) is 16.9 Å². The van der Waals surface area contributed by atoms with Crippen molar-refractivity contribution in [3.8, 4) is 17.1 Å². The van der Waals surface area contributed by atoms with Crippen molar-refractivity contribution in [1.29, 1.82) is 0 Å². The maximum atomic E-state index is 12.5. The van der Waals surface area contributed by atoms with E-state index in [0.29, 0.717) is 11.1 Å². The van der Waals surface area contributed by atoms with Gasteiger partial charge >= 0.3 is 0 Å². The summed E-state index contributed by atoms with van der Waals surface area (Å²) in [5.74, 6) is 1.69. The molecule has 4 nitrogen and oxygen atoms in total. The molecule has 4 rings (SSSR count). The second-order valence-corrected chi connectivity index (χ2v) is 8.21. The zero-order valence-electron chi connectivity index (χ0n) is 13.0. The molecule has 1 unspecified atom stereocenters. The van der Waals surface area contributed by atoms with Crippen molar-refractivity contribution in [2.24, 2.45) is 0 Å². The molecule has 2 aromatic heterocycles. The highest BCUT2D eigenvalue weighted by Gasteiger charge is 2.18. The van der Waals surface area contributed by atoms with Crippen LogP contribution in [0.15, 0.2) is 74.1 Å². The first kappa shape index (κ1) is 16.1. The first-order chi connectivity index (χ1) is 12.1. The summed E-state index contributed by atoms with van der Waals surface area (Å²) in [5.41, 5.74) is 2.00. The highest BCUT2D eigenvalue weighted by atomic mass is 79.9. The van der Waals surface area contributed by atoms with E-state index in [1.54, 1.807) is 12.1 Å². The van der Waals surface area contributed by atoms with Gasteiger partial charge in [0, 0.05) is 22.0 Å². The number of aromatic hydroxyl groups is 1. The molecule has 0 spiro atoms. The Morgan fingerprint density at radius 1 is 1.08 bits per heavy atom. The van der Waals surface area contributed by atoms with Crippen molar-refractivity contribution < 1.29 is 9.52 Å². The number of rotatable bonds is 3. The van der Waals surface area contributed by atoms with E-state index in [1.807, 2.05) is 48.3 Å². The molecule has 6 heteroatoms. The first-order valence-corrected chi connectivity index (χ1v) is 9.99. The van der Waals surface area contributed by atoms with Gasteiger partial charge in [-0.1, -0.05) is 46.3 Å². The van der Waals surface area contributed by atoms with Crippen LogP contribution < -0.4 is 5.43 Å². The Bertz CT molecular complexity index is 1100. The summed E-state index contributed by atoms with van der Waals surface area (Å²) >= 11 is 3.37. The van der Waals surface area contributed by atoms with Gasteiger partial charge in [0.2, 0.25) is 5.75 Å². The highest BCUT2D eigenvalue weighted by Crippen LogP contribution is 2.37. The molecular formula is C19H13BrNO3P.